The molecule has 4 rings (SSSR count). The summed E-state index contributed by atoms with van der Waals surface area (Å²) in [6.45, 7) is 5.89. The minimum Gasteiger partial charge on any atom is -0.486 e. The Morgan fingerprint density at radius 2 is 1.78 bits per heavy atom. The van der Waals surface area contributed by atoms with Crippen molar-refractivity contribution in [1.29, 1.82) is 0 Å². The van der Waals surface area contributed by atoms with Crippen LogP contribution in [0.4, 0.5) is 17.5 Å². The van der Waals surface area contributed by atoms with Gasteiger partial charge in [-0.15, -0.1) is 0 Å². The van der Waals surface area contributed by atoms with Gasteiger partial charge in [-0.05, 0) is 31.5 Å². The predicted octanol–water partition coefficient (Wildman–Crippen LogP) is 4.22. The van der Waals surface area contributed by atoms with Crippen LogP contribution in [0.3, 0.4) is 0 Å². The van der Waals surface area contributed by atoms with Gasteiger partial charge in [0.2, 0.25) is 5.95 Å². The minimum atomic E-state index is 0.540. The summed E-state index contributed by atoms with van der Waals surface area (Å²) in [6.07, 6.45) is 0. The first-order chi connectivity index (χ1) is 13.2. The molecule has 0 saturated heterocycles. The second kappa shape index (κ2) is 7.53. The van der Waals surface area contributed by atoms with Crippen LogP contribution < -0.4 is 20.1 Å². The molecule has 0 amide bonds. The molecule has 0 fully saturated rings. The maximum absolute atomic E-state index is 5.63. The standard InChI is InChI=1S/C21H22N4O2/c1-14-4-3-5-16(10-14)13-22-20-11-15(2)23-21(25-20)24-17-6-7-18-19(12-17)27-9-8-26-18/h3-7,10-12H,8-9,13H2,1-2H3,(H2,22,23,24,25). The first-order valence-electron chi connectivity index (χ1n) is 8.97. The van der Waals surface area contributed by atoms with Crippen LogP contribution in [-0.4, -0.2) is 23.2 Å². The lowest BCUT2D eigenvalue weighted by Crippen LogP contribution is -2.15. The number of hydrogen-bond acceptors (Lipinski definition) is 6. The Kier molecular flexibility index (Phi) is 4.78. The summed E-state index contributed by atoms with van der Waals surface area (Å²) in [7, 11) is 0. The average molecular weight is 362 g/mol. The molecule has 0 radical (unpaired) electrons. The zero-order chi connectivity index (χ0) is 18.6. The van der Waals surface area contributed by atoms with Crippen LogP contribution in [0, 0.1) is 13.8 Å². The van der Waals surface area contributed by atoms with Crippen molar-refractivity contribution in [3.05, 3.63) is 65.4 Å². The molecule has 6 heteroatoms. The quantitative estimate of drug-likeness (QED) is 0.708. The van der Waals surface area contributed by atoms with E-state index in [0.717, 1.165) is 28.7 Å². The number of nitrogens with zero attached hydrogens (tertiary/aromatic N) is 2. The van der Waals surface area contributed by atoms with Gasteiger partial charge in [0.25, 0.3) is 0 Å². The number of rotatable bonds is 5. The molecule has 1 aromatic heterocycles. The van der Waals surface area contributed by atoms with Crippen LogP contribution in [-0.2, 0) is 6.54 Å². The highest BCUT2D eigenvalue weighted by Crippen LogP contribution is 2.33. The van der Waals surface area contributed by atoms with Crippen LogP contribution in [0.2, 0.25) is 0 Å². The molecule has 1 aliphatic heterocycles. The largest absolute Gasteiger partial charge is 0.486 e. The van der Waals surface area contributed by atoms with Crippen molar-refractivity contribution in [2.45, 2.75) is 20.4 Å². The number of benzene rings is 2. The van der Waals surface area contributed by atoms with E-state index in [1.807, 2.05) is 31.2 Å². The normalized spacial score (nSPS) is 12.5. The average Bonchev–Trinajstić information content (AvgIpc) is 2.66. The summed E-state index contributed by atoms with van der Waals surface area (Å²) in [5.74, 6) is 2.82. The van der Waals surface area contributed by atoms with Crippen molar-refractivity contribution in [3.8, 4) is 11.5 Å². The van der Waals surface area contributed by atoms with E-state index in [9.17, 15) is 0 Å². The fourth-order valence-corrected chi connectivity index (χ4v) is 2.98. The molecule has 0 atom stereocenters. The lowest BCUT2D eigenvalue weighted by atomic mass is 10.1. The third-order valence-electron chi connectivity index (χ3n) is 4.21. The van der Waals surface area contributed by atoms with Crippen molar-refractivity contribution < 1.29 is 9.47 Å². The molecular weight excluding hydrogens is 340 g/mol. The summed E-state index contributed by atoms with van der Waals surface area (Å²) in [5.41, 5.74) is 4.20. The number of ether oxygens (including phenoxy) is 2. The second-order valence-electron chi connectivity index (χ2n) is 6.54. The summed E-state index contributed by atoms with van der Waals surface area (Å²) < 4.78 is 11.2. The first kappa shape index (κ1) is 17.1. The molecule has 0 bridgehead atoms. The monoisotopic (exact) mass is 362 g/mol. The second-order valence-corrected chi connectivity index (χ2v) is 6.54. The Hall–Kier alpha value is -3.28. The van der Waals surface area contributed by atoms with E-state index in [4.69, 9.17) is 9.47 Å². The highest BCUT2D eigenvalue weighted by molar-refractivity contribution is 5.61. The van der Waals surface area contributed by atoms with Crippen LogP contribution in [0.5, 0.6) is 11.5 Å². The molecule has 138 valence electrons. The maximum Gasteiger partial charge on any atom is 0.229 e. The van der Waals surface area contributed by atoms with Gasteiger partial charge in [0.1, 0.15) is 19.0 Å². The molecule has 0 spiro atoms. The van der Waals surface area contributed by atoms with E-state index >= 15 is 0 Å². The Balaban J connectivity index is 1.48. The van der Waals surface area contributed by atoms with Crippen LogP contribution in [0.25, 0.3) is 0 Å². The van der Waals surface area contributed by atoms with Gasteiger partial charge in [0.05, 0.1) is 0 Å². The van der Waals surface area contributed by atoms with Crippen LogP contribution in [0.1, 0.15) is 16.8 Å². The Labute approximate surface area is 158 Å². The SMILES string of the molecule is Cc1cccc(CNc2cc(C)nc(Nc3ccc4c(c3)OCCO4)n2)c1. The molecule has 0 saturated carbocycles. The summed E-state index contributed by atoms with van der Waals surface area (Å²) >= 11 is 0. The first-order valence-corrected chi connectivity index (χ1v) is 8.97. The summed E-state index contributed by atoms with van der Waals surface area (Å²) in [4.78, 5) is 9.05. The fraction of sp³-hybridized carbons (Fsp3) is 0.238. The van der Waals surface area contributed by atoms with Gasteiger partial charge in [0, 0.05) is 30.1 Å². The van der Waals surface area contributed by atoms with E-state index in [2.05, 4.69) is 51.8 Å². The molecule has 0 unspecified atom stereocenters. The van der Waals surface area contributed by atoms with Crippen LogP contribution >= 0.6 is 0 Å². The van der Waals surface area contributed by atoms with E-state index < -0.39 is 0 Å². The van der Waals surface area contributed by atoms with E-state index in [-0.39, 0.29) is 0 Å². The summed E-state index contributed by atoms with van der Waals surface area (Å²) in [5, 5.41) is 6.61. The molecule has 1 aliphatic rings. The van der Waals surface area contributed by atoms with Gasteiger partial charge < -0.3 is 20.1 Å². The highest BCUT2D eigenvalue weighted by atomic mass is 16.6. The molecule has 2 aromatic carbocycles. The number of aryl methyl sites for hydroxylation is 2. The van der Waals surface area contributed by atoms with Crippen molar-refractivity contribution in [1.82, 2.24) is 9.97 Å². The number of fused-ring (bicyclic) bond motifs is 1. The van der Waals surface area contributed by atoms with Gasteiger partial charge in [0.15, 0.2) is 11.5 Å². The van der Waals surface area contributed by atoms with E-state index in [1.54, 1.807) is 0 Å². The fourth-order valence-electron chi connectivity index (χ4n) is 2.98. The van der Waals surface area contributed by atoms with E-state index in [0.29, 0.717) is 25.7 Å². The van der Waals surface area contributed by atoms with Gasteiger partial charge in [-0.25, -0.2) is 4.98 Å². The topological polar surface area (TPSA) is 68.3 Å². The van der Waals surface area contributed by atoms with Crippen molar-refractivity contribution in [2.24, 2.45) is 0 Å². The minimum absolute atomic E-state index is 0.540. The lowest BCUT2D eigenvalue weighted by molar-refractivity contribution is 0.171. The number of nitrogens with one attached hydrogen (secondary N) is 2. The van der Waals surface area contributed by atoms with Crippen LogP contribution in [0.15, 0.2) is 48.5 Å². The van der Waals surface area contributed by atoms with Gasteiger partial charge in [-0.2, -0.15) is 4.98 Å². The third-order valence-corrected chi connectivity index (χ3v) is 4.21. The highest BCUT2D eigenvalue weighted by Gasteiger charge is 2.12. The maximum atomic E-state index is 5.63. The number of hydrogen-bond donors (Lipinski definition) is 2. The zero-order valence-electron chi connectivity index (χ0n) is 15.5. The van der Waals surface area contributed by atoms with Crippen molar-refractivity contribution >= 4 is 17.5 Å². The molecular formula is C21H22N4O2. The third kappa shape index (κ3) is 4.28. The molecule has 2 heterocycles. The Morgan fingerprint density at radius 3 is 2.63 bits per heavy atom. The summed E-state index contributed by atoms with van der Waals surface area (Å²) in [6, 6.07) is 16.1. The zero-order valence-corrected chi connectivity index (χ0v) is 15.5. The lowest BCUT2D eigenvalue weighted by Gasteiger charge is -2.19. The number of aromatic nitrogens is 2. The molecule has 27 heavy (non-hydrogen) atoms. The molecule has 3 aromatic rings. The van der Waals surface area contributed by atoms with Gasteiger partial charge in [-0.3, -0.25) is 0 Å². The molecule has 0 aliphatic carbocycles. The Morgan fingerprint density at radius 1 is 0.926 bits per heavy atom. The van der Waals surface area contributed by atoms with Gasteiger partial charge in [-0.1, -0.05) is 29.8 Å². The van der Waals surface area contributed by atoms with Crippen molar-refractivity contribution in [2.75, 3.05) is 23.8 Å². The van der Waals surface area contributed by atoms with Crippen molar-refractivity contribution in [3.63, 3.8) is 0 Å². The van der Waals surface area contributed by atoms with Gasteiger partial charge >= 0.3 is 0 Å². The predicted molar refractivity (Wildman–Crippen MR) is 106 cm³/mol. The Bertz CT molecular complexity index is 959. The molecule has 2 N–H and O–H groups in total. The number of anilines is 3. The smallest absolute Gasteiger partial charge is 0.229 e. The van der Waals surface area contributed by atoms with E-state index in [1.165, 1.54) is 11.1 Å². The molecule has 6 nitrogen and oxygen atoms in total.